The molecule has 7 heteroatoms. The number of rotatable bonds is 6. The predicted molar refractivity (Wildman–Crippen MR) is 104 cm³/mol. The lowest BCUT2D eigenvalue weighted by Crippen LogP contribution is -2.32. The zero-order valence-electron chi connectivity index (χ0n) is 15.0. The third-order valence-corrected chi connectivity index (χ3v) is 4.98. The number of carbonyl (C=O) groups is 2. The lowest BCUT2D eigenvalue weighted by Gasteiger charge is -2.18. The number of phenols is 1. The standard InChI is InChI=1S/C21H18FNO4S/c1-13-4-9-17(24)16(11-13)21(26)27-12-19(25)23-20(18-3-2-10-28-18)14-5-7-15(22)8-6-14/h2-11,20,24H,12H2,1H3,(H,23,25)/t20-/m0/s1. The van der Waals surface area contributed by atoms with Gasteiger partial charge in [-0.2, -0.15) is 0 Å². The molecule has 1 atom stereocenters. The lowest BCUT2D eigenvalue weighted by molar-refractivity contribution is -0.124. The van der Waals surface area contributed by atoms with Gasteiger partial charge in [-0.1, -0.05) is 29.8 Å². The van der Waals surface area contributed by atoms with Crippen molar-refractivity contribution in [1.82, 2.24) is 5.32 Å². The van der Waals surface area contributed by atoms with E-state index in [4.69, 9.17) is 4.74 Å². The molecule has 144 valence electrons. The van der Waals surface area contributed by atoms with E-state index in [1.807, 2.05) is 17.5 Å². The SMILES string of the molecule is Cc1ccc(O)c(C(=O)OCC(=O)N[C@@H](c2ccc(F)cc2)c2cccs2)c1. The maximum atomic E-state index is 13.2. The van der Waals surface area contributed by atoms with Crippen LogP contribution in [-0.2, 0) is 9.53 Å². The quantitative estimate of drug-likeness (QED) is 0.615. The minimum absolute atomic E-state index is 0.00106. The molecule has 28 heavy (non-hydrogen) atoms. The van der Waals surface area contributed by atoms with Crippen molar-refractivity contribution >= 4 is 23.2 Å². The number of phenolic OH excluding ortho intramolecular Hbond substituents is 1. The number of ether oxygens (including phenoxy) is 1. The van der Waals surface area contributed by atoms with Crippen LogP contribution in [0.1, 0.15) is 32.4 Å². The summed E-state index contributed by atoms with van der Waals surface area (Å²) in [6.45, 7) is 1.27. The Bertz CT molecular complexity index is 971. The molecule has 1 heterocycles. The van der Waals surface area contributed by atoms with E-state index in [0.29, 0.717) is 5.56 Å². The maximum Gasteiger partial charge on any atom is 0.342 e. The highest BCUT2D eigenvalue weighted by molar-refractivity contribution is 7.10. The maximum absolute atomic E-state index is 13.2. The fourth-order valence-corrected chi connectivity index (χ4v) is 3.46. The number of hydrogen-bond acceptors (Lipinski definition) is 5. The van der Waals surface area contributed by atoms with E-state index in [9.17, 15) is 19.1 Å². The molecular weight excluding hydrogens is 381 g/mol. The molecule has 5 nitrogen and oxygen atoms in total. The molecule has 0 saturated heterocycles. The third kappa shape index (κ3) is 4.75. The number of esters is 1. The van der Waals surface area contributed by atoms with Crippen LogP contribution < -0.4 is 5.32 Å². The van der Waals surface area contributed by atoms with Crippen LogP contribution in [0.3, 0.4) is 0 Å². The van der Waals surface area contributed by atoms with Crippen molar-refractivity contribution in [2.75, 3.05) is 6.61 Å². The predicted octanol–water partition coefficient (Wildman–Crippen LogP) is 3.96. The van der Waals surface area contributed by atoms with Gasteiger partial charge in [0.1, 0.15) is 17.1 Å². The van der Waals surface area contributed by atoms with Crippen LogP contribution in [0.25, 0.3) is 0 Å². The molecule has 0 bridgehead atoms. The summed E-state index contributed by atoms with van der Waals surface area (Å²) in [5.41, 5.74) is 1.49. The van der Waals surface area contributed by atoms with Crippen molar-refractivity contribution in [3.8, 4) is 5.75 Å². The van der Waals surface area contributed by atoms with E-state index in [-0.39, 0.29) is 17.1 Å². The first-order valence-corrected chi connectivity index (χ1v) is 9.37. The second-order valence-electron chi connectivity index (χ2n) is 6.16. The number of carbonyl (C=O) groups excluding carboxylic acids is 2. The molecule has 3 aromatic rings. The van der Waals surface area contributed by atoms with Gasteiger partial charge in [-0.15, -0.1) is 11.3 Å². The van der Waals surface area contributed by atoms with Gasteiger partial charge in [-0.25, -0.2) is 9.18 Å². The zero-order valence-corrected chi connectivity index (χ0v) is 15.8. The third-order valence-electron chi connectivity index (χ3n) is 4.04. The summed E-state index contributed by atoms with van der Waals surface area (Å²) >= 11 is 1.45. The Balaban J connectivity index is 1.68. The van der Waals surface area contributed by atoms with Gasteiger partial charge in [0.2, 0.25) is 0 Å². The number of amides is 1. The molecule has 0 aliphatic carbocycles. The Morgan fingerprint density at radius 3 is 2.61 bits per heavy atom. The van der Waals surface area contributed by atoms with Gasteiger partial charge >= 0.3 is 5.97 Å². The fourth-order valence-electron chi connectivity index (χ4n) is 2.65. The molecule has 1 aromatic heterocycles. The molecule has 0 radical (unpaired) electrons. The summed E-state index contributed by atoms with van der Waals surface area (Å²) in [5.74, 6) is -1.88. The summed E-state index contributed by atoms with van der Waals surface area (Å²) in [6.07, 6.45) is 0. The van der Waals surface area contributed by atoms with Gasteiger partial charge in [0, 0.05) is 4.88 Å². The van der Waals surface area contributed by atoms with Gasteiger partial charge in [-0.3, -0.25) is 4.79 Å². The molecule has 0 spiro atoms. The minimum Gasteiger partial charge on any atom is -0.507 e. The average Bonchev–Trinajstić information content (AvgIpc) is 3.21. The van der Waals surface area contributed by atoms with Crippen molar-refractivity contribution in [2.24, 2.45) is 0 Å². The van der Waals surface area contributed by atoms with E-state index in [0.717, 1.165) is 10.4 Å². The van der Waals surface area contributed by atoms with Crippen molar-refractivity contribution in [1.29, 1.82) is 0 Å². The van der Waals surface area contributed by atoms with Crippen LogP contribution in [-0.4, -0.2) is 23.6 Å². The molecule has 2 aromatic carbocycles. The van der Waals surface area contributed by atoms with Gasteiger partial charge in [0.25, 0.3) is 5.91 Å². The minimum atomic E-state index is -0.786. The highest BCUT2D eigenvalue weighted by Crippen LogP contribution is 2.26. The summed E-state index contributed by atoms with van der Waals surface area (Å²) in [5, 5.41) is 14.5. The normalized spacial score (nSPS) is 11.6. The second-order valence-corrected chi connectivity index (χ2v) is 7.14. The number of halogens is 1. The average molecular weight is 399 g/mol. The molecule has 3 rings (SSSR count). The van der Waals surface area contributed by atoms with Crippen LogP contribution in [0.15, 0.2) is 60.0 Å². The Morgan fingerprint density at radius 1 is 1.18 bits per heavy atom. The van der Waals surface area contributed by atoms with Gasteiger partial charge in [-0.05, 0) is 48.2 Å². The zero-order chi connectivity index (χ0) is 20.1. The molecular formula is C21H18FNO4S. The van der Waals surface area contributed by atoms with Crippen LogP contribution in [0, 0.1) is 12.7 Å². The number of aryl methyl sites for hydroxylation is 1. The van der Waals surface area contributed by atoms with E-state index >= 15 is 0 Å². The summed E-state index contributed by atoms with van der Waals surface area (Å²) in [7, 11) is 0. The molecule has 0 unspecified atom stereocenters. The smallest absolute Gasteiger partial charge is 0.342 e. The molecule has 1 amide bonds. The summed E-state index contributed by atoms with van der Waals surface area (Å²) < 4.78 is 18.3. The number of aromatic hydroxyl groups is 1. The molecule has 0 aliphatic heterocycles. The van der Waals surface area contributed by atoms with E-state index < -0.39 is 24.5 Å². The number of nitrogens with one attached hydrogen (secondary N) is 1. The van der Waals surface area contributed by atoms with Crippen LogP contribution in [0.4, 0.5) is 4.39 Å². The first kappa shape index (κ1) is 19.6. The highest BCUT2D eigenvalue weighted by Gasteiger charge is 2.20. The lowest BCUT2D eigenvalue weighted by atomic mass is 10.1. The molecule has 0 fully saturated rings. The Hall–Kier alpha value is -3.19. The molecule has 0 aliphatic rings. The van der Waals surface area contributed by atoms with Gasteiger partial charge in [0.15, 0.2) is 6.61 Å². The largest absolute Gasteiger partial charge is 0.507 e. The van der Waals surface area contributed by atoms with Gasteiger partial charge < -0.3 is 15.2 Å². The summed E-state index contributed by atoms with van der Waals surface area (Å²) in [4.78, 5) is 25.4. The van der Waals surface area contributed by atoms with Gasteiger partial charge in [0.05, 0.1) is 6.04 Å². The number of benzene rings is 2. The van der Waals surface area contributed by atoms with E-state index in [1.165, 1.54) is 35.6 Å². The Kier molecular flexibility index (Phi) is 6.06. The topological polar surface area (TPSA) is 75.6 Å². The molecule has 2 N–H and O–H groups in total. The fraction of sp³-hybridized carbons (Fsp3) is 0.143. The second kappa shape index (κ2) is 8.67. The first-order valence-electron chi connectivity index (χ1n) is 8.49. The first-order chi connectivity index (χ1) is 13.4. The van der Waals surface area contributed by atoms with Crippen LogP contribution in [0.5, 0.6) is 5.75 Å². The van der Waals surface area contributed by atoms with Crippen LogP contribution in [0.2, 0.25) is 0 Å². The molecule has 0 saturated carbocycles. The van der Waals surface area contributed by atoms with E-state index in [1.54, 1.807) is 25.1 Å². The van der Waals surface area contributed by atoms with Crippen LogP contribution >= 0.6 is 11.3 Å². The van der Waals surface area contributed by atoms with Crippen molar-refractivity contribution in [3.05, 3.63) is 87.4 Å². The highest BCUT2D eigenvalue weighted by atomic mass is 32.1. The number of thiophene rings is 1. The van der Waals surface area contributed by atoms with E-state index in [2.05, 4.69) is 5.32 Å². The summed E-state index contributed by atoms with van der Waals surface area (Å²) in [6, 6.07) is 13.6. The monoisotopic (exact) mass is 399 g/mol. The Labute approximate surface area is 165 Å². The number of hydrogen-bond donors (Lipinski definition) is 2. The van der Waals surface area contributed by atoms with Crippen molar-refractivity contribution in [2.45, 2.75) is 13.0 Å². The van der Waals surface area contributed by atoms with Crippen molar-refractivity contribution in [3.63, 3.8) is 0 Å². The Morgan fingerprint density at radius 2 is 1.93 bits per heavy atom. The van der Waals surface area contributed by atoms with Crippen molar-refractivity contribution < 1.29 is 23.8 Å².